The highest BCUT2D eigenvalue weighted by atomic mass is 32.2. The van der Waals surface area contributed by atoms with Crippen LogP contribution in [0.2, 0.25) is 0 Å². The summed E-state index contributed by atoms with van der Waals surface area (Å²) in [6, 6.07) is 0. The average molecular weight is 254 g/mol. The Kier molecular flexibility index (Phi) is 3.06. The molecular weight excluding hydrogens is 244 g/mol. The van der Waals surface area contributed by atoms with Gasteiger partial charge in [-0.3, -0.25) is 4.79 Å². The Morgan fingerprint density at radius 2 is 2.19 bits per heavy atom. The van der Waals surface area contributed by atoms with E-state index in [1.807, 2.05) is 6.26 Å². The minimum absolute atomic E-state index is 0.102. The van der Waals surface area contributed by atoms with E-state index in [0.717, 1.165) is 9.86 Å². The number of hydrogen-bond acceptors (Lipinski definition) is 6. The molecule has 0 aliphatic carbocycles. The number of nitrogens with zero attached hydrogens (tertiary/aromatic N) is 4. The molecule has 0 atom stereocenters. The summed E-state index contributed by atoms with van der Waals surface area (Å²) in [6.07, 6.45) is 3.42. The molecule has 84 valence electrons. The van der Waals surface area contributed by atoms with Crippen LogP contribution in [0.15, 0.2) is 11.4 Å². The summed E-state index contributed by atoms with van der Waals surface area (Å²) >= 11 is 2.80. The van der Waals surface area contributed by atoms with E-state index in [2.05, 4.69) is 15.0 Å². The number of thiazole rings is 1. The second-order valence-electron chi connectivity index (χ2n) is 3.26. The first kappa shape index (κ1) is 11.3. The van der Waals surface area contributed by atoms with Crippen molar-refractivity contribution in [2.45, 2.75) is 5.03 Å². The monoisotopic (exact) mass is 254 g/mol. The van der Waals surface area contributed by atoms with E-state index in [0.29, 0.717) is 10.5 Å². The van der Waals surface area contributed by atoms with Crippen molar-refractivity contribution in [2.24, 2.45) is 0 Å². The molecule has 0 aromatic carbocycles. The first-order chi connectivity index (χ1) is 7.63. The van der Waals surface area contributed by atoms with E-state index in [9.17, 15) is 4.79 Å². The number of carbonyl (C=O) groups is 1. The maximum Gasteiger partial charge on any atom is 0.282 e. The lowest BCUT2D eigenvalue weighted by Crippen LogP contribution is -2.21. The summed E-state index contributed by atoms with van der Waals surface area (Å²) in [5.41, 5.74) is 0.713. The smallest absolute Gasteiger partial charge is 0.282 e. The molecule has 2 aromatic rings. The number of amides is 1. The molecule has 7 heteroatoms. The van der Waals surface area contributed by atoms with Gasteiger partial charge >= 0.3 is 0 Å². The van der Waals surface area contributed by atoms with Crippen LogP contribution in [-0.4, -0.2) is 46.1 Å². The van der Waals surface area contributed by atoms with Crippen LogP contribution in [0.5, 0.6) is 0 Å². The Morgan fingerprint density at radius 1 is 1.44 bits per heavy atom. The minimum Gasteiger partial charge on any atom is -0.343 e. The Bertz CT molecular complexity index is 537. The Morgan fingerprint density at radius 3 is 2.81 bits per heavy atom. The second-order valence-corrected chi connectivity index (χ2v) is 5.03. The number of carbonyl (C=O) groups excluding carboxylic acids is 1. The van der Waals surface area contributed by atoms with Gasteiger partial charge in [0.15, 0.2) is 5.01 Å². The van der Waals surface area contributed by atoms with Crippen molar-refractivity contribution < 1.29 is 4.79 Å². The molecule has 0 aliphatic rings. The SMILES string of the molecule is CSc1ncnc2sc(C(=O)N(C)C)nc12. The Hall–Kier alpha value is -1.21. The van der Waals surface area contributed by atoms with Gasteiger partial charge in [0.25, 0.3) is 5.91 Å². The molecule has 5 nitrogen and oxygen atoms in total. The normalized spacial score (nSPS) is 10.7. The van der Waals surface area contributed by atoms with Crippen LogP contribution in [0.3, 0.4) is 0 Å². The third-order valence-electron chi connectivity index (χ3n) is 1.94. The summed E-state index contributed by atoms with van der Waals surface area (Å²) in [7, 11) is 3.41. The number of aromatic nitrogens is 3. The molecule has 0 saturated carbocycles. The highest BCUT2D eigenvalue weighted by Crippen LogP contribution is 2.26. The number of fused-ring (bicyclic) bond motifs is 1. The van der Waals surface area contributed by atoms with Crippen molar-refractivity contribution in [1.29, 1.82) is 0 Å². The standard InChI is InChI=1S/C9H10N4OS2/c1-13(2)9(14)8-12-5-6(15-3)10-4-11-7(5)16-8/h4H,1-3H3. The topological polar surface area (TPSA) is 59.0 Å². The Balaban J connectivity index is 2.56. The van der Waals surface area contributed by atoms with Crippen LogP contribution in [0, 0.1) is 0 Å². The molecule has 2 rings (SSSR count). The van der Waals surface area contributed by atoms with E-state index in [-0.39, 0.29) is 5.91 Å². The molecule has 0 saturated heterocycles. The van der Waals surface area contributed by atoms with Gasteiger partial charge in [-0.05, 0) is 6.26 Å². The summed E-state index contributed by atoms with van der Waals surface area (Å²) in [5, 5.41) is 1.26. The lowest BCUT2D eigenvalue weighted by molar-refractivity contribution is 0.0827. The van der Waals surface area contributed by atoms with Gasteiger partial charge in [-0.1, -0.05) is 11.3 Å². The van der Waals surface area contributed by atoms with E-state index >= 15 is 0 Å². The first-order valence-electron chi connectivity index (χ1n) is 4.50. The van der Waals surface area contributed by atoms with Gasteiger partial charge in [-0.2, -0.15) is 0 Å². The van der Waals surface area contributed by atoms with Crippen LogP contribution in [0.4, 0.5) is 0 Å². The third kappa shape index (κ3) is 1.88. The highest BCUT2D eigenvalue weighted by molar-refractivity contribution is 7.98. The van der Waals surface area contributed by atoms with Crippen LogP contribution < -0.4 is 0 Å². The molecule has 2 aromatic heterocycles. The maximum atomic E-state index is 11.7. The molecule has 1 amide bonds. The third-order valence-corrected chi connectivity index (χ3v) is 3.58. The molecule has 0 radical (unpaired) electrons. The van der Waals surface area contributed by atoms with Crippen LogP contribution in [0.25, 0.3) is 10.3 Å². The van der Waals surface area contributed by atoms with Gasteiger partial charge in [-0.25, -0.2) is 15.0 Å². The van der Waals surface area contributed by atoms with Gasteiger partial charge < -0.3 is 4.90 Å². The summed E-state index contributed by atoms with van der Waals surface area (Å²) in [5.74, 6) is -0.102. The fourth-order valence-electron chi connectivity index (χ4n) is 1.17. The zero-order valence-electron chi connectivity index (χ0n) is 9.09. The molecule has 0 aliphatic heterocycles. The molecule has 2 heterocycles. The van der Waals surface area contributed by atoms with Crippen molar-refractivity contribution >= 4 is 39.4 Å². The molecule has 0 N–H and O–H groups in total. The lowest BCUT2D eigenvalue weighted by atomic mass is 10.5. The molecule has 0 spiro atoms. The largest absolute Gasteiger partial charge is 0.343 e. The molecular formula is C9H10N4OS2. The minimum atomic E-state index is -0.102. The lowest BCUT2D eigenvalue weighted by Gasteiger charge is -2.05. The highest BCUT2D eigenvalue weighted by Gasteiger charge is 2.16. The summed E-state index contributed by atoms with van der Waals surface area (Å²) in [6.45, 7) is 0. The summed E-state index contributed by atoms with van der Waals surface area (Å²) in [4.78, 5) is 26.5. The van der Waals surface area contributed by atoms with Crippen molar-refractivity contribution in [3.05, 3.63) is 11.3 Å². The quantitative estimate of drug-likeness (QED) is 0.600. The Labute approximate surface area is 101 Å². The van der Waals surface area contributed by atoms with Gasteiger partial charge in [0, 0.05) is 14.1 Å². The molecule has 0 unspecified atom stereocenters. The van der Waals surface area contributed by atoms with E-state index in [1.165, 1.54) is 34.3 Å². The molecule has 0 bridgehead atoms. The van der Waals surface area contributed by atoms with Crippen molar-refractivity contribution in [3.63, 3.8) is 0 Å². The maximum absolute atomic E-state index is 11.7. The predicted molar refractivity (Wildman–Crippen MR) is 65.0 cm³/mol. The zero-order chi connectivity index (χ0) is 11.7. The number of hydrogen-bond donors (Lipinski definition) is 0. The van der Waals surface area contributed by atoms with E-state index in [4.69, 9.17) is 0 Å². The van der Waals surface area contributed by atoms with Crippen molar-refractivity contribution in [3.8, 4) is 0 Å². The van der Waals surface area contributed by atoms with Crippen LogP contribution >= 0.6 is 23.1 Å². The first-order valence-corrected chi connectivity index (χ1v) is 6.54. The van der Waals surface area contributed by atoms with Crippen molar-refractivity contribution in [2.75, 3.05) is 20.4 Å². The number of rotatable bonds is 2. The number of thioether (sulfide) groups is 1. The fourth-order valence-corrected chi connectivity index (χ4v) is 2.65. The van der Waals surface area contributed by atoms with Gasteiger partial charge in [0.2, 0.25) is 0 Å². The average Bonchev–Trinajstić information content (AvgIpc) is 2.70. The predicted octanol–water partition coefficient (Wildman–Crippen LogP) is 1.51. The van der Waals surface area contributed by atoms with Crippen LogP contribution in [0.1, 0.15) is 9.80 Å². The van der Waals surface area contributed by atoms with Gasteiger partial charge in [0.1, 0.15) is 21.7 Å². The summed E-state index contributed by atoms with van der Waals surface area (Å²) < 4.78 is 0. The van der Waals surface area contributed by atoms with E-state index < -0.39 is 0 Å². The fraction of sp³-hybridized carbons (Fsp3) is 0.333. The van der Waals surface area contributed by atoms with Gasteiger partial charge in [0.05, 0.1) is 0 Å². The van der Waals surface area contributed by atoms with Crippen molar-refractivity contribution in [1.82, 2.24) is 19.9 Å². The van der Waals surface area contributed by atoms with Crippen LogP contribution in [-0.2, 0) is 0 Å². The molecule has 0 fully saturated rings. The van der Waals surface area contributed by atoms with E-state index in [1.54, 1.807) is 14.1 Å². The second kappa shape index (κ2) is 4.34. The molecule has 16 heavy (non-hydrogen) atoms. The zero-order valence-corrected chi connectivity index (χ0v) is 10.7. The van der Waals surface area contributed by atoms with Gasteiger partial charge in [-0.15, -0.1) is 11.8 Å².